The molecule has 0 unspecified atom stereocenters. The van der Waals surface area contributed by atoms with Crippen LogP contribution in [0.1, 0.15) is 18.1 Å². The Balaban J connectivity index is 1.88. The Morgan fingerprint density at radius 3 is 1.57 bits per heavy atom. The lowest BCUT2D eigenvalue weighted by atomic mass is 9.98. The van der Waals surface area contributed by atoms with Gasteiger partial charge in [0.2, 0.25) is 0 Å². The minimum atomic E-state index is -4.64. The molecule has 0 bridgehead atoms. The fourth-order valence-corrected chi connectivity index (χ4v) is 2.88. The number of alkyl halides is 3. The summed E-state index contributed by atoms with van der Waals surface area (Å²) in [4.78, 5) is 0. The quantitative estimate of drug-likeness (QED) is 0.408. The number of rotatable bonds is 4. The molecular weight excluding hydrogens is 371 g/mol. The highest BCUT2D eigenvalue weighted by molar-refractivity contribution is 5.71. The van der Waals surface area contributed by atoms with Gasteiger partial charge in [-0.25, -0.2) is 8.78 Å². The van der Waals surface area contributed by atoms with E-state index < -0.39 is 23.4 Å². The van der Waals surface area contributed by atoms with E-state index >= 15 is 0 Å². The van der Waals surface area contributed by atoms with E-state index in [2.05, 4.69) is 6.92 Å². The van der Waals surface area contributed by atoms with Crippen LogP contribution in [0.3, 0.4) is 0 Å². The molecule has 28 heavy (non-hydrogen) atoms. The third-order valence-electron chi connectivity index (χ3n) is 4.43. The van der Waals surface area contributed by atoms with Crippen molar-refractivity contribution in [3.05, 3.63) is 89.5 Å². The van der Waals surface area contributed by atoms with Gasteiger partial charge in [-0.05, 0) is 52.4 Å². The molecule has 0 aromatic heterocycles. The standard InChI is InChI=1S/C23H17F5/c1-2-15-3-5-16(6-4-15)17-7-9-18(10-8-17)19-13-21(24)20(22(25)14-19)11-12-23(26,27)28/h3-14H,2H2,1H3/b12-11+. The van der Waals surface area contributed by atoms with Crippen molar-refractivity contribution in [2.24, 2.45) is 0 Å². The van der Waals surface area contributed by atoms with E-state index in [4.69, 9.17) is 0 Å². The molecular formula is C23H17F5. The monoisotopic (exact) mass is 388 g/mol. The first-order chi connectivity index (χ1) is 13.3. The predicted molar refractivity (Wildman–Crippen MR) is 102 cm³/mol. The van der Waals surface area contributed by atoms with Crippen molar-refractivity contribution >= 4 is 6.08 Å². The molecule has 0 N–H and O–H groups in total. The highest BCUT2D eigenvalue weighted by Gasteiger charge is 2.23. The fourth-order valence-electron chi connectivity index (χ4n) is 2.88. The molecule has 5 heteroatoms. The van der Waals surface area contributed by atoms with Gasteiger partial charge >= 0.3 is 6.18 Å². The first kappa shape index (κ1) is 19.8. The highest BCUT2D eigenvalue weighted by atomic mass is 19.4. The molecule has 0 fully saturated rings. The molecule has 0 aliphatic heterocycles. The predicted octanol–water partition coefficient (Wildman–Crippen LogP) is 7.44. The highest BCUT2D eigenvalue weighted by Crippen LogP contribution is 2.29. The summed E-state index contributed by atoms with van der Waals surface area (Å²) in [5, 5.41) is 0. The zero-order chi connectivity index (χ0) is 20.3. The molecule has 3 aromatic rings. The summed E-state index contributed by atoms with van der Waals surface area (Å²) in [6, 6.07) is 17.3. The maximum atomic E-state index is 14.1. The van der Waals surface area contributed by atoms with E-state index in [1.54, 1.807) is 12.1 Å². The number of benzene rings is 3. The van der Waals surface area contributed by atoms with Gasteiger partial charge in [0.1, 0.15) is 11.6 Å². The van der Waals surface area contributed by atoms with E-state index in [0.717, 1.165) is 29.7 Å². The molecule has 0 radical (unpaired) electrons. The first-order valence-electron chi connectivity index (χ1n) is 8.71. The van der Waals surface area contributed by atoms with Gasteiger partial charge < -0.3 is 0 Å². The minimum Gasteiger partial charge on any atom is -0.206 e. The number of aryl methyl sites for hydroxylation is 1. The van der Waals surface area contributed by atoms with Crippen molar-refractivity contribution in [1.82, 2.24) is 0 Å². The van der Waals surface area contributed by atoms with Crippen LogP contribution in [0.5, 0.6) is 0 Å². The van der Waals surface area contributed by atoms with Gasteiger partial charge in [0.05, 0.1) is 0 Å². The van der Waals surface area contributed by atoms with E-state index in [9.17, 15) is 22.0 Å². The van der Waals surface area contributed by atoms with Gasteiger partial charge in [0.15, 0.2) is 0 Å². The Hall–Kier alpha value is -2.95. The zero-order valence-corrected chi connectivity index (χ0v) is 15.0. The summed E-state index contributed by atoms with van der Waals surface area (Å²) in [5.41, 5.74) is 3.32. The Labute approximate surface area is 160 Å². The number of allylic oxidation sites excluding steroid dienone is 1. The van der Waals surface area contributed by atoms with Crippen LogP contribution in [0, 0.1) is 11.6 Å². The lowest BCUT2D eigenvalue weighted by Crippen LogP contribution is -2.01. The maximum Gasteiger partial charge on any atom is 0.409 e. The Morgan fingerprint density at radius 2 is 1.14 bits per heavy atom. The molecule has 3 aromatic carbocycles. The third kappa shape index (κ3) is 4.66. The average molecular weight is 388 g/mol. The molecule has 0 aliphatic carbocycles. The topological polar surface area (TPSA) is 0 Å². The van der Waals surface area contributed by atoms with Gasteiger partial charge in [-0.15, -0.1) is 0 Å². The number of hydrogen-bond donors (Lipinski definition) is 0. The summed E-state index contributed by atoms with van der Waals surface area (Å²) in [5.74, 6) is -2.09. The van der Waals surface area contributed by atoms with Crippen molar-refractivity contribution in [3.8, 4) is 22.3 Å². The maximum absolute atomic E-state index is 14.1. The lowest BCUT2D eigenvalue weighted by Gasteiger charge is -2.08. The largest absolute Gasteiger partial charge is 0.409 e. The SMILES string of the molecule is CCc1ccc(-c2ccc(-c3cc(F)c(/C=C/C(F)(F)F)c(F)c3)cc2)cc1. The van der Waals surface area contributed by atoms with Crippen LogP contribution >= 0.6 is 0 Å². The molecule has 0 spiro atoms. The molecule has 0 saturated carbocycles. The van der Waals surface area contributed by atoms with Crippen LogP contribution < -0.4 is 0 Å². The molecule has 0 saturated heterocycles. The van der Waals surface area contributed by atoms with E-state index in [0.29, 0.717) is 11.6 Å². The molecule has 0 atom stereocenters. The van der Waals surface area contributed by atoms with Crippen LogP contribution in [0.2, 0.25) is 0 Å². The van der Waals surface area contributed by atoms with Gasteiger partial charge in [-0.3, -0.25) is 0 Å². The van der Waals surface area contributed by atoms with Crippen LogP contribution in [-0.2, 0) is 6.42 Å². The van der Waals surface area contributed by atoms with Crippen molar-refractivity contribution in [1.29, 1.82) is 0 Å². The molecule has 3 rings (SSSR count). The first-order valence-corrected chi connectivity index (χ1v) is 8.71. The Bertz CT molecular complexity index is 958. The zero-order valence-electron chi connectivity index (χ0n) is 15.0. The average Bonchev–Trinajstić information content (AvgIpc) is 2.66. The minimum absolute atomic E-state index is 0.188. The second-order valence-corrected chi connectivity index (χ2v) is 6.36. The molecule has 0 aliphatic rings. The van der Waals surface area contributed by atoms with E-state index in [1.165, 1.54) is 5.56 Å². The van der Waals surface area contributed by atoms with Crippen LogP contribution in [0.15, 0.2) is 66.7 Å². The van der Waals surface area contributed by atoms with E-state index in [-0.39, 0.29) is 11.6 Å². The normalized spacial score (nSPS) is 11.9. The van der Waals surface area contributed by atoms with E-state index in [1.807, 2.05) is 36.4 Å². The smallest absolute Gasteiger partial charge is 0.206 e. The molecule has 0 heterocycles. The van der Waals surface area contributed by atoms with Crippen molar-refractivity contribution in [2.45, 2.75) is 19.5 Å². The molecule has 0 nitrogen and oxygen atoms in total. The molecule has 0 amide bonds. The fraction of sp³-hybridized carbons (Fsp3) is 0.130. The summed E-state index contributed by atoms with van der Waals surface area (Å²) in [7, 11) is 0. The van der Waals surface area contributed by atoms with Crippen LogP contribution in [0.4, 0.5) is 22.0 Å². The third-order valence-corrected chi connectivity index (χ3v) is 4.43. The van der Waals surface area contributed by atoms with Crippen LogP contribution in [-0.4, -0.2) is 6.18 Å². The van der Waals surface area contributed by atoms with Crippen molar-refractivity contribution in [2.75, 3.05) is 0 Å². The summed E-state index contributed by atoms with van der Waals surface area (Å²) in [6.07, 6.45) is -3.47. The van der Waals surface area contributed by atoms with Crippen molar-refractivity contribution in [3.63, 3.8) is 0 Å². The second kappa shape index (κ2) is 7.97. The number of hydrogen-bond acceptors (Lipinski definition) is 0. The second-order valence-electron chi connectivity index (χ2n) is 6.36. The lowest BCUT2D eigenvalue weighted by molar-refractivity contribution is -0.0790. The Morgan fingerprint density at radius 1 is 0.714 bits per heavy atom. The van der Waals surface area contributed by atoms with Gasteiger partial charge in [-0.2, -0.15) is 13.2 Å². The molecule has 144 valence electrons. The van der Waals surface area contributed by atoms with Crippen LogP contribution in [0.25, 0.3) is 28.3 Å². The van der Waals surface area contributed by atoms with Gasteiger partial charge in [0.25, 0.3) is 0 Å². The Kier molecular flexibility index (Phi) is 5.63. The summed E-state index contributed by atoms with van der Waals surface area (Å²) >= 11 is 0. The summed E-state index contributed by atoms with van der Waals surface area (Å²) in [6.45, 7) is 2.08. The van der Waals surface area contributed by atoms with Gasteiger partial charge in [0, 0.05) is 11.6 Å². The van der Waals surface area contributed by atoms with Gasteiger partial charge in [-0.1, -0.05) is 55.5 Å². The van der Waals surface area contributed by atoms with Crippen molar-refractivity contribution < 1.29 is 22.0 Å². The number of halogens is 5. The summed E-state index contributed by atoms with van der Waals surface area (Å²) < 4.78 is 65.0.